The second-order valence-corrected chi connectivity index (χ2v) is 8.60. The van der Waals surface area contributed by atoms with E-state index in [2.05, 4.69) is 39.0 Å². The fourth-order valence-corrected chi connectivity index (χ4v) is 4.91. The van der Waals surface area contributed by atoms with Gasteiger partial charge in [0.15, 0.2) is 11.4 Å². The standard InChI is InChI=1S/C22H30O5/c1-6-12-20(3,4)22-14-8-7-13-21(5)16(18(22)26-19(24)27-22)10-9-11-17(21)25-15(2)23/h6-8,12,17H,9-11,13-14H2,1-5H3/b8-7-,12-6+,18-16-/t17-,21-,22+/m0/s1. The highest BCUT2D eigenvalue weighted by Crippen LogP contribution is 2.56. The van der Waals surface area contributed by atoms with Crippen molar-refractivity contribution in [2.45, 2.75) is 78.4 Å². The van der Waals surface area contributed by atoms with Gasteiger partial charge in [0.25, 0.3) is 0 Å². The van der Waals surface area contributed by atoms with Crippen molar-refractivity contribution < 1.29 is 23.8 Å². The Morgan fingerprint density at radius 2 is 2.04 bits per heavy atom. The largest absolute Gasteiger partial charge is 0.514 e. The van der Waals surface area contributed by atoms with Crippen LogP contribution in [0.25, 0.3) is 0 Å². The molecular weight excluding hydrogens is 344 g/mol. The van der Waals surface area contributed by atoms with E-state index >= 15 is 0 Å². The molecule has 1 heterocycles. The zero-order chi connectivity index (χ0) is 19.9. The maximum Gasteiger partial charge on any atom is 0.514 e. The maximum absolute atomic E-state index is 12.3. The minimum Gasteiger partial charge on any atom is -0.462 e. The molecule has 5 heteroatoms. The molecule has 2 aliphatic carbocycles. The van der Waals surface area contributed by atoms with Gasteiger partial charge in [0, 0.05) is 24.2 Å². The van der Waals surface area contributed by atoms with Crippen molar-refractivity contribution in [2.24, 2.45) is 10.8 Å². The molecule has 3 rings (SSSR count). The van der Waals surface area contributed by atoms with Crippen LogP contribution in [0.5, 0.6) is 0 Å². The summed E-state index contributed by atoms with van der Waals surface area (Å²) in [4.78, 5) is 24.0. The Bertz CT molecular complexity index is 729. The van der Waals surface area contributed by atoms with Crippen LogP contribution in [-0.2, 0) is 19.0 Å². The van der Waals surface area contributed by atoms with Crippen molar-refractivity contribution in [2.75, 3.05) is 0 Å². The molecule has 1 saturated carbocycles. The number of fused-ring (bicyclic) bond motifs is 2. The van der Waals surface area contributed by atoms with E-state index in [1.165, 1.54) is 6.92 Å². The molecule has 0 amide bonds. The topological polar surface area (TPSA) is 61.8 Å². The average molecular weight is 374 g/mol. The Morgan fingerprint density at radius 1 is 1.33 bits per heavy atom. The molecule has 0 aromatic rings. The summed E-state index contributed by atoms with van der Waals surface area (Å²) in [6.45, 7) is 9.64. The van der Waals surface area contributed by atoms with Crippen LogP contribution in [-0.4, -0.2) is 23.8 Å². The van der Waals surface area contributed by atoms with E-state index < -0.39 is 22.6 Å². The molecule has 148 valence electrons. The molecule has 0 N–H and O–H groups in total. The van der Waals surface area contributed by atoms with Crippen LogP contribution in [0.3, 0.4) is 0 Å². The van der Waals surface area contributed by atoms with E-state index in [-0.39, 0.29) is 12.1 Å². The fraction of sp³-hybridized carbons (Fsp3) is 0.636. The molecule has 0 bridgehead atoms. The lowest BCUT2D eigenvalue weighted by molar-refractivity contribution is -0.153. The van der Waals surface area contributed by atoms with Gasteiger partial charge in [-0.15, -0.1) is 0 Å². The van der Waals surface area contributed by atoms with Crippen molar-refractivity contribution >= 4 is 12.1 Å². The van der Waals surface area contributed by atoms with Crippen LogP contribution in [0.15, 0.2) is 35.6 Å². The smallest absolute Gasteiger partial charge is 0.462 e. The molecule has 3 atom stereocenters. The van der Waals surface area contributed by atoms with Crippen LogP contribution >= 0.6 is 0 Å². The number of hydrogen-bond acceptors (Lipinski definition) is 5. The lowest BCUT2D eigenvalue weighted by atomic mass is 9.61. The molecule has 1 saturated heterocycles. The number of rotatable bonds is 3. The molecule has 5 nitrogen and oxygen atoms in total. The van der Waals surface area contributed by atoms with E-state index in [1.807, 2.05) is 13.0 Å². The van der Waals surface area contributed by atoms with Crippen LogP contribution in [0.2, 0.25) is 0 Å². The Morgan fingerprint density at radius 3 is 2.70 bits per heavy atom. The van der Waals surface area contributed by atoms with Gasteiger partial charge in [0.05, 0.1) is 0 Å². The maximum atomic E-state index is 12.3. The lowest BCUT2D eigenvalue weighted by Crippen LogP contribution is -2.48. The second kappa shape index (κ2) is 6.84. The van der Waals surface area contributed by atoms with Gasteiger partial charge in [0.1, 0.15) is 6.10 Å². The summed E-state index contributed by atoms with van der Waals surface area (Å²) in [5.41, 5.74) is -0.704. The third kappa shape index (κ3) is 3.11. The zero-order valence-corrected chi connectivity index (χ0v) is 17.0. The van der Waals surface area contributed by atoms with Crippen molar-refractivity contribution in [3.63, 3.8) is 0 Å². The molecule has 2 fully saturated rings. The van der Waals surface area contributed by atoms with Gasteiger partial charge in [-0.3, -0.25) is 4.79 Å². The summed E-state index contributed by atoms with van der Waals surface area (Å²) in [6.07, 6.45) is 11.1. The molecule has 1 aliphatic heterocycles. The molecule has 0 aromatic heterocycles. The highest BCUT2D eigenvalue weighted by atomic mass is 16.8. The summed E-state index contributed by atoms with van der Waals surface area (Å²) in [7, 11) is 0. The number of carbonyl (C=O) groups excluding carboxylic acids is 2. The molecular formula is C22H30O5. The van der Waals surface area contributed by atoms with Crippen molar-refractivity contribution in [3.05, 3.63) is 35.6 Å². The highest BCUT2D eigenvalue weighted by molar-refractivity contribution is 5.68. The third-order valence-corrected chi connectivity index (χ3v) is 6.42. The van der Waals surface area contributed by atoms with E-state index in [0.29, 0.717) is 12.2 Å². The van der Waals surface area contributed by atoms with Crippen LogP contribution in [0, 0.1) is 10.8 Å². The lowest BCUT2D eigenvalue weighted by Gasteiger charge is -2.47. The molecule has 3 aliphatic rings. The minimum absolute atomic E-state index is 0.240. The quantitative estimate of drug-likeness (QED) is 0.500. The first kappa shape index (κ1) is 19.7. The molecule has 27 heavy (non-hydrogen) atoms. The summed E-state index contributed by atoms with van der Waals surface area (Å²) < 4.78 is 17.3. The third-order valence-electron chi connectivity index (χ3n) is 6.42. The van der Waals surface area contributed by atoms with Gasteiger partial charge in [-0.2, -0.15) is 0 Å². The Labute approximate surface area is 161 Å². The number of ether oxygens (including phenoxy) is 3. The number of carbonyl (C=O) groups is 2. The molecule has 0 radical (unpaired) electrons. The molecule has 0 aromatic carbocycles. The van der Waals surface area contributed by atoms with E-state index in [1.54, 1.807) is 0 Å². The molecule has 0 spiro atoms. The first-order chi connectivity index (χ1) is 12.7. The predicted octanol–water partition coefficient (Wildman–Crippen LogP) is 5.22. The van der Waals surface area contributed by atoms with Crippen molar-refractivity contribution in [3.8, 4) is 0 Å². The van der Waals surface area contributed by atoms with Gasteiger partial charge in [-0.25, -0.2) is 4.79 Å². The monoisotopic (exact) mass is 374 g/mol. The molecule has 0 unspecified atom stereocenters. The van der Waals surface area contributed by atoms with E-state index in [0.717, 1.165) is 31.3 Å². The number of hydrogen-bond donors (Lipinski definition) is 0. The SMILES string of the molecule is C/C=C/C(C)(C)[C@@]12C/C=C\C[C@@]3(C)/C(=C/1OC(=O)O2)CCC[C@@H]3OC(C)=O. The second-order valence-electron chi connectivity index (χ2n) is 8.60. The fourth-order valence-electron chi connectivity index (χ4n) is 4.91. The van der Waals surface area contributed by atoms with Crippen molar-refractivity contribution in [1.82, 2.24) is 0 Å². The predicted molar refractivity (Wildman–Crippen MR) is 102 cm³/mol. The summed E-state index contributed by atoms with van der Waals surface area (Å²) in [6, 6.07) is 0. The number of allylic oxidation sites excluding steroid dienone is 2. The average Bonchev–Trinajstić information content (AvgIpc) is 2.89. The van der Waals surface area contributed by atoms with Gasteiger partial charge >= 0.3 is 12.1 Å². The van der Waals surface area contributed by atoms with Crippen LogP contribution < -0.4 is 0 Å². The van der Waals surface area contributed by atoms with Crippen molar-refractivity contribution in [1.29, 1.82) is 0 Å². The van der Waals surface area contributed by atoms with Crippen LogP contribution in [0.4, 0.5) is 4.79 Å². The Hall–Kier alpha value is -2.04. The van der Waals surface area contributed by atoms with Crippen LogP contribution in [0.1, 0.15) is 66.7 Å². The first-order valence-electron chi connectivity index (χ1n) is 9.77. The van der Waals surface area contributed by atoms with E-state index in [9.17, 15) is 9.59 Å². The first-order valence-corrected chi connectivity index (χ1v) is 9.77. The Balaban J connectivity index is 2.21. The van der Waals surface area contributed by atoms with Gasteiger partial charge < -0.3 is 14.2 Å². The van der Waals surface area contributed by atoms with E-state index in [4.69, 9.17) is 14.2 Å². The highest BCUT2D eigenvalue weighted by Gasteiger charge is 2.60. The minimum atomic E-state index is -0.887. The Kier molecular flexibility index (Phi) is 5.00. The zero-order valence-electron chi connectivity index (χ0n) is 17.0. The van der Waals surface area contributed by atoms with Gasteiger partial charge in [-0.05, 0) is 38.2 Å². The van der Waals surface area contributed by atoms with Gasteiger partial charge in [-0.1, -0.05) is 45.1 Å². The number of esters is 1. The summed E-state index contributed by atoms with van der Waals surface area (Å²) >= 11 is 0. The normalized spacial score (nSPS) is 37.5. The summed E-state index contributed by atoms with van der Waals surface area (Å²) in [5, 5.41) is 0. The summed E-state index contributed by atoms with van der Waals surface area (Å²) in [5.74, 6) is 0.345. The van der Waals surface area contributed by atoms with Gasteiger partial charge in [0.2, 0.25) is 0 Å².